The summed E-state index contributed by atoms with van der Waals surface area (Å²) in [4.78, 5) is 12.8. The van der Waals surface area contributed by atoms with Gasteiger partial charge in [0.1, 0.15) is 23.9 Å². The van der Waals surface area contributed by atoms with E-state index in [9.17, 15) is 0 Å². The van der Waals surface area contributed by atoms with Crippen molar-refractivity contribution in [2.75, 3.05) is 12.4 Å². The van der Waals surface area contributed by atoms with E-state index >= 15 is 0 Å². The lowest BCUT2D eigenvalue weighted by Crippen LogP contribution is -2.26. The monoisotopic (exact) mass is 418 g/mol. The Kier molecular flexibility index (Phi) is 5.01. The summed E-state index contributed by atoms with van der Waals surface area (Å²) < 4.78 is 10.1. The second-order valence-electron chi connectivity index (χ2n) is 8.09. The van der Waals surface area contributed by atoms with Gasteiger partial charge < -0.3 is 10.1 Å². The minimum atomic E-state index is 0.166. The van der Waals surface area contributed by atoms with Crippen LogP contribution in [0.3, 0.4) is 0 Å². The minimum Gasteiger partial charge on any atom is -0.474 e. The number of nitrogens with zero attached hydrogens (tertiary/aromatic N) is 7. The standard InChI is InChI=1S/C22H26N8O/c1-14-9-24-13-26-22(14)31-17-6-4-16(5-7-17)30-19-8-20(23-2)25-11-18(19)21(28-30)15-10-27-29(3)12-15/h8-13,16-17H,4-7H2,1-3H3,(H,23,25)/t16-,17+. The van der Waals surface area contributed by atoms with Crippen LogP contribution in [0.1, 0.15) is 37.3 Å². The number of hydrogen-bond acceptors (Lipinski definition) is 7. The van der Waals surface area contributed by atoms with E-state index in [1.54, 1.807) is 10.9 Å². The highest BCUT2D eigenvalue weighted by Gasteiger charge is 2.27. The fourth-order valence-corrected chi connectivity index (χ4v) is 4.28. The van der Waals surface area contributed by atoms with Crippen LogP contribution in [0.5, 0.6) is 5.88 Å². The number of nitrogens with one attached hydrogen (secondary N) is 1. The van der Waals surface area contributed by atoms with E-state index < -0.39 is 0 Å². The Morgan fingerprint density at radius 1 is 1.10 bits per heavy atom. The molecular weight excluding hydrogens is 392 g/mol. The molecule has 0 bridgehead atoms. The normalized spacial score (nSPS) is 18.9. The number of pyridine rings is 1. The molecule has 0 saturated heterocycles. The second kappa shape index (κ2) is 7.98. The Bertz CT molecular complexity index is 1210. The van der Waals surface area contributed by atoms with Crippen LogP contribution in [-0.2, 0) is 7.05 Å². The van der Waals surface area contributed by atoms with Gasteiger partial charge in [-0.2, -0.15) is 10.2 Å². The minimum absolute atomic E-state index is 0.166. The Balaban J connectivity index is 1.42. The maximum Gasteiger partial charge on any atom is 0.219 e. The summed E-state index contributed by atoms with van der Waals surface area (Å²) in [6.45, 7) is 1.98. The molecular formula is C22H26N8O. The molecule has 9 nitrogen and oxygen atoms in total. The third kappa shape index (κ3) is 3.71. The van der Waals surface area contributed by atoms with Gasteiger partial charge in [0, 0.05) is 55.3 Å². The van der Waals surface area contributed by atoms with Crippen LogP contribution in [-0.4, -0.2) is 47.7 Å². The number of hydrogen-bond donors (Lipinski definition) is 1. The van der Waals surface area contributed by atoms with Crippen LogP contribution in [0.4, 0.5) is 5.82 Å². The molecule has 4 aromatic rings. The van der Waals surface area contributed by atoms with Gasteiger partial charge in [-0.3, -0.25) is 9.36 Å². The lowest BCUT2D eigenvalue weighted by molar-refractivity contribution is 0.125. The van der Waals surface area contributed by atoms with Crippen molar-refractivity contribution in [3.8, 4) is 17.1 Å². The zero-order valence-corrected chi connectivity index (χ0v) is 18.0. The molecule has 5 rings (SSSR count). The van der Waals surface area contributed by atoms with Crippen molar-refractivity contribution in [3.63, 3.8) is 0 Å². The number of rotatable bonds is 5. The smallest absolute Gasteiger partial charge is 0.219 e. The van der Waals surface area contributed by atoms with Crippen molar-refractivity contribution < 1.29 is 4.74 Å². The first-order valence-corrected chi connectivity index (χ1v) is 10.6. The molecule has 0 aliphatic heterocycles. The van der Waals surface area contributed by atoms with E-state index in [0.717, 1.165) is 59.2 Å². The van der Waals surface area contributed by atoms with E-state index in [1.807, 2.05) is 39.6 Å². The largest absolute Gasteiger partial charge is 0.474 e. The lowest BCUT2D eigenvalue weighted by Gasteiger charge is -2.29. The van der Waals surface area contributed by atoms with Crippen molar-refractivity contribution in [1.29, 1.82) is 0 Å². The fraction of sp³-hybridized carbons (Fsp3) is 0.409. The van der Waals surface area contributed by atoms with E-state index in [0.29, 0.717) is 11.9 Å². The van der Waals surface area contributed by atoms with Crippen LogP contribution >= 0.6 is 0 Å². The van der Waals surface area contributed by atoms with Gasteiger partial charge in [0.25, 0.3) is 0 Å². The fourth-order valence-electron chi connectivity index (χ4n) is 4.28. The summed E-state index contributed by atoms with van der Waals surface area (Å²) in [6.07, 6.45) is 13.2. The molecule has 0 atom stereocenters. The molecule has 1 N–H and O–H groups in total. The number of aryl methyl sites for hydroxylation is 2. The molecule has 0 amide bonds. The van der Waals surface area contributed by atoms with Gasteiger partial charge >= 0.3 is 0 Å². The van der Waals surface area contributed by atoms with Crippen LogP contribution < -0.4 is 10.1 Å². The van der Waals surface area contributed by atoms with Crippen molar-refractivity contribution in [2.45, 2.75) is 44.8 Å². The molecule has 0 unspecified atom stereocenters. The first-order chi connectivity index (χ1) is 15.1. The summed E-state index contributed by atoms with van der Waals surface area (Å²) in [5, 5.41) is 13.5. The maximum atomic E-state index is 6.16. The highest BCUT2D eigenvalue weighted by molar-refractivity contribution is 5.93. The number of aromatic nitrogens is 7. The predicted octanol–water partition coefficient (Wildman–Crippen LogP) is 3.53. The van der Waals surface area contributed by atoms with Crippen molar-refractivity contribution in [3.05, 3.63) is 42.7 Å². The molecule has 160 valence electrons. The van der Waals surface area contributed by atoms with E-state index in [2.05, 4.69) is 36.1 Å². The van der Waals surface area contributed by atoms with Gasteiger partial charge in [0.05, 0.1) is 17.8 Å². The molecule has 1 fully saturated rings. The van der Waals surface area contributed by atoms with Gasteiger partial charge in [-0.25, -0.2) is 15.0 Å². The summed E-state index contributed by atoms with van der Waals surface area (Å²) in [7, 11) is 3.80. The van der Waals surface area contributed by atoms with Gasteiger partial charge in [0.2, 0.25) is 5.88 Å². The van der Waals surface area contributed by atoms with Crippen LogP contribution in [0.15, 0.2) is 37.2 Å². The van der Waals surface area contributed by atoms with Gasteiger partial charge in [-0.05, 0) is 32.6 Å². The topological polar surface area (TPSA) is 95.6 Å². The molecule has 0 aromatic carbocycles. The number of anilines is 1. The average molecular weight is 419 g/mol. The zero-order chi connectivity index (χ0) is 21.4. The first kappa shape index (κ1) is 19.5. The van der Waals surface area contributed by atoms with Crippen LogP contribution in [0.2, 0.25) is 0 Å². The first-order valence-electron chi connectivity index (χ1n) is 10.6. The third-order valence-corrected chi connectivity index (χ3v) is 5.94. The molecule has 0 spiro atoms. The quantitative estimate of drug-likeness (QED) is 0.530. The molecule has 4 aromatic heterocycles. The maximum absolute atomic E-state index is 6.16. The van der Waals surface area contributed by atoms with Crippen LogP contribution in [0.25, 0.3) is 22.2 Å². The zero-order valence-electron chi connectivity index (χ0n) is 18.0. The summed E-state index contributed by atoms with van der Waals surface area (Å²) in [5.74, 6) is 1.52. The molecule has 31 heavy (non-hydrogen) atoms. The predicted molar refractivity (Wildman–Crippen MR) is 118 cm³/mol. The molecule has 4 heterocycles. The molecule has 1 aliphatic rings. The Morgan fingerprint density at radius 2 is 1.94 bits per heavy atom. The number of ether oxygens (including phenoxy) is 1. The average Bonchev–Trinajstić information content (AvgIpc) is 3.39. The van der Waals surface area contributed by atoms with Crippen molar-refractivity contribution in [2.24, 2.45) is 7.05 Å². The third-order valence-electron chi connectivity index (χ3n) is 5.94. The summed E-state index contributed by atoms with van der Waals surface area (Å²) in [6, 6.07) is 2.39. The highest BCUT2D eigenvalue weighted by Crippen LogP contribution is 2.36. The highest BCUT2D eigenvalue weighted by atomic mass is 16.5. The van der Waals surface area contributed by atoms with Crippen molar-refractivity contribution in [1.82, 2.24) is 34.5 Å². The molecule has 0 radical (unpaired) electrons. The summed E-state index contributed by atoms with van der Waals surface area (Å²) in [5.41, 5.74) is 3.99. The Morgan fingerprint density at radius 3 is 2.65 bits per heavy atom. The molecule has 1 saturated carbocycles. The van der Waals surface area contributed by atoms with E-state index in [1.165, 1.54) is 6.33 Å². The van der Waals surface area contributed by atoms with Gasteiger partial charge in [0.15, 0.2) is 0 Å². The Hall–Kier alpha value is -3.49. The molecule has 9 heteroatoms. The van der Waals surface area contributed by atoms with Gasteiger partial charge in [-0.15, -0.1) is 0 Å². The Labute approximate surface area is 180 Å². The second-order valence-corrected chi connectivity index (χ2v) is 8.09. The number of fused-ring (bicyclic) bond motifs is 1. The summed E-state index contributed by atoms with van der Waals surface area (Å²) >= 11 is 0. The van der Waals surface area contributed by atoms with E-state index in [4.69, 9.17) is 9.84 Å². The van der Waals surface area contributed by atoms with Gasteiger partial charge in [-0.1, -0.05) is 0 Å². The van der Waals surface area contributed by atoms with E-state index in [-0.39, 0.29) is 6.10 Å². The molecule has 1 aliphatic carbocycles. The van der Waals surface area contributed by atoms with Crippen molar-refractivity contribution >= 4 is 16.7 Å². The SMILES string of the molecule is CNc1cc2c(cn1)c(-c1cnn(C)c1)nn2[C@H]1CC[C@@H](Oc2ncncc2C)CC1. The lowest BCUT2D eigenvalue weighted by atomic mass is 9.93. The van der Waals surface area contributed by atoms with Crippen LogP contribution in [0, 0.1) is 6.92 Å².